The second kappa shape index (κ2) is 8.45. The summed E-state index contributed by atoms with van der Waals surface area (Å²) in [5.41, 5.74) is 1.87. The largest absolute Gasteiger partial charge is 0.348 e. The number of amides is 1. The summed E-state index contributed by atoms with van der Waals surface area (Å²) < 4.78 is 40.6. The first-order chi connectivity index (χ1) is 13.8. The van der Waals surface area contributed by atoms with Crippen LogP contribution in [0.15, 0.2) is 77.7 Å². The lowest BCUT2D eigenvalue weighted by molar-refractivity contribution is 0.0950. The van der Waals surface area contributed by atoms with Crippen molar-refractivity contribution >= 4 is 21.6 Å². The van der Waals surface area contributed by atoms with Crippen molar-refractivity contribution in [1.29, 1.82) is 0 Å². The van der Waals surface area contributed by atoms with E-state index in [1.807, 2.05) is 0 Å². The fourth-order valence-electron chi connectivity index (χ4n) is 2.76. The molecule has 0 atom stereocenters. The lowest BCUT2D eigenvalue weighted by Gasteiger charge is -2.19. The highest BCUT2D eigenvalue weighted by molar-refractivity contribution is 7.92. The number of nitrogens with one attached hydrogen (secondary N) is 1. The minimum absolute atomic E-state index is 0.0119. The third kappa shape index (κ3) is 4.63. The molecule has 0 radical (unpaired) electrons. The molecule has 0 aliphatic heterocycles. The van der Waals surface area contributed by atoms with Crippen LogP contribution in [0.2, 0.25) is 0 Å². The van der Waals surface area contributed by atoms with E-state index in [1.165, 1.54) is 41.7 Å². The summed E-state index contributed by atoms with van der Waals surface area (Å²) in [6, 6.07) is 19.2. The van der Waals surface area contributed by atoms with Crippen LogP contribution in [-0.4, -0.2) is 21.4 Å². The summed E-state index contributed by atoms with van der Waals surface area (Å²) in [5, 5.41) is 2.69. The SMILES string of the molecule is Cc1ccc(CNC(=O)c2cccc(S(=O)(=O)N(C)c3ccccc3)c2)cc1F. The van der Waals surface area contributed by atoms with E-state index in [-0.39, 0.29) is 22.8 Å². The van der Waals surface area contributed by atoms with Gasteiger partial charge >= 0.3 is 0 Å². The Morgan fingerprint density at radius 1 is 1.00 bits per heavy atom. The molecule has 150 valence electrons. The molecule has 3 aromatic rings. The predicted octanol–water partition coefficient (Wildman–Crippen LogP) is 3.89. The summed E-state index contributed by atoms with van der Waals surface area (Å²) in [4.78, 5) is 12.5. The molecular weight excluding hydrogens is 391 g/mol. The number of aryl methyl sites for hydroxylation is 1. The third-order valence-electron chi connectivity index (χ3n) is 4.56. The summed E-state index contributed by atoms with van der Waals surface area (Å²) in [6.07, 6.45) is 0. The Morgan fingerprint density at radius 3 is 2.41 bits per heavy atom. The molecule has 3 aromatic carbocycles. The van der Waals surface area contributed by atoms with E-state index >= 15 is 0 Å². The molecule has 0 saturated heterocycles. The van der Waals surface area contributed by atoms with Crippen molar-refractivity contribution in [2.75, 3.05) is 11.4 Å². The van der Waals surface area contributed by atoms with E-state index in [1.54, 1.807) is 49.4 Å². The zero-order valence-corrected chi connectivity index (χ0v) is 16.9. The van der Waals surface area contributed by atoms with E-state index < -0.39 is 15.9 Å². The van der Waals surface area contributed by atoms with Crippen molar-refractivity contribution < 1.29 is 17.6 Å². The average molecular weight is 412 g/mol. The van der Waals surface area contributed by atoms with Crippen LogP contribution in [0.3, 0.4) is 0 Å². The van der Waals surface area contributed by atoms with Crippen molar-refractivity contribution in [3.8, 4) is 0 Å². The number of para-hydroxylation sites is 1. The van der Waals surface area contributed by atoms with E-state index in [0.717, 1.165) is 0 Å². The van der Waals surface area contributed by atoms with Crippen molar-refractivity contribution in [2.45, 2.75) is 18.4 Å². The lowest BCUT2D eigenvalue weighted by Crippen LogP contribution is -2.27. The summed E-state index contributed by atoms with van der Waals surface area (Å²) in [5.74, 6) is -0.779. The van der Waals surface area contributed by atoms with E-state index in [4.69, 9.17) is 0 Å². The monoisotopic (exact) mass is 412 g/mol. The average Bonchev–Trinajstić information content (AvgIpc) is 2.74. The quantitative estimate of drug-likeness (QED) is 0.668. The van der Waals surface area contributed by atoms with E-state index in [0.29, 0.717) is 16.8 Å². The van der Waals surface area contributed by atoms with Gasteiger partial charge in [-0.2, -0.15) is 0 Å². The first-order valence-corrected chi connectivity index (χ1v) is 10.4. The molecule has 0 bridgehead atoms. The minimum Gasteiger partial charge on any atom is -0.348 e. The van der Waals surface area contributed by atoms with Gasteiger partial charge < -0.3 is 5.32 Å². The first kappa shape index (κ1) is 20.5. The predicted molar refractivity (Wildman–Crippen MR) is 111 cm³/mol. The molecule has 7 heteroatoms. The second-order valence-electron chi connectivity index (χ2n) is 6.60. The van der Waals surface area contributed by atoms with Gasteiger partial charge in [0.1, 0.15) is 5.82 Å². The number of nitrogens with zero attached hydrogens (tertiary/aromatic N) is 1. The van der Waals surface area contributed by atoms with Crippen LogP contribution in [0.4, 0.5) is 10.1 Å². The molecule has 0 aromatic heterocycles. The Kier molecular flexibility index (Phi) is 5.98. The molecular formula is C22H21FN2O3S. The van der Waals surface area contributed by atoms with E-state index in [2.05, 4.69) is 5.32 Å². The van der Waals surface area contributed by atoms with Gasteiger partial charge in [0, 0.05) is 19.2 Å². The number of hydrogen-bond donors (Lipinski definition) is 1. The van der Waals surface area contributed by atoms with Gasteiger partial charge in [-0.1, -0.05) is 36.4 Å². The number of carbonyl (C=O) groups is 1. The van der Waals surface area contributed by atoms with Crippen LogP contribution < -0.4 is 9.62 Å². The standard InChI is InChI=1S/C22H21FN2O3S/c1-16-11-12-17(13-21(16)23)15-24-22(26)18-7-6-10-20(14-18)29(27,28)25(2)19-8-4-3-5-9-19/h3-14H,15H2,1-2H3,(H,24,26). The zero-order chi connectivity index (χ0) is 21.0. The minimum atomic E-state index is -3.82. The third-order valence-corrected chi connectivity index (χ3v) is 6.35. The topological polar surface area (TPSA) is 66.5 Å². The van der Waals surface area contributed by atoms with Gasteiger partial charge in [-0.25, -0.2) is 12.8 Å². The number of rotatable bonds is 6. The van der Waals surface area contributed by atoms with Crippen LogP contribution in [0.1, 0.15) is 21.5 Å². The van der Waals surface area contributed by atoms with Gasteiger partial charge in [0.25, 0.3) is 15.9 Å². The number of carbonyl (C=O) groups excluding carboxylic acids is 1. The number of hydrogen-bond acceptors (Lipinski definition) is 3. The highest BCUT2D eigenvalue weighted by Gasteiger charge is 2.22. The molecule has 0 aliphatic rings. The Labute approximate surface area is 169 Å². The van der Waals surface area contributed by atoms with Gasteiger partial charge in [-0.05, 0) is 54.4 Å². The Morgan fingerprint density at radius 2 is 1.72 bits per heavy atom. The molecule has 0 saturated carbocycles. The zero-order valence-electron chi connectivity index (χ0n) is 16.1. The lowest BCUT2D eigenvalue weighted by atomic mass is 10.1. The van der Waals surface area contributed by atoms with Gasteiger partial charge in [-0.3, -0.25) is 9.10 Å². The van der Waals surface area contributed by atoms with Crippen molar-refractivity contribution in [3.63, 3.8) is 0 Å². The molecule has 0 fully saturated rings. The van der Waals surface area contributed by atoms with Gasteiger partial charge in [0.05, 0.1) is 10.6 Å². The number of sulfonamides is 1. The van der Waals surface area contributed by atoms with Crippen LogP contribution in [0.25, 0.3) is 0 Å². The van der Waals surface area contributed by atoms with Crippen molar-refractivity contribution in [1.82, 2.24) is 5.32 Å². The van der Waals surface area contributed by atoms with Gasteiger partial charge in [0.15, 0.2) is 0 Å². The maximum atomic E-state index is 13.6. The molecule has 0 aliphatic carbocycles. The number of anilines is 1. The Bertz CT molecular complexity index is 1130. The van der Waals surface area contributed by atoms with Gasteiger partial charge in [0.2, 0.25) is 0 Å². The van der Waals surface area contributed by atoms with Gasteiger partial charge in [-0.15, -0.1) is 0 Å². The highest BCUT2D eigenvalue weighted by Crippen LogP contribution is 2.22. The molecule has 3 rings (SSSR count). The van der Waals surface area contributed by atoms with Crippen LogP contribution >= 0.6 is 0 Å². The fraction of sp³-hybridized carbons (Fsp3) is 0.136. The smallest absolute Gasteiger partial charge is 0.264 e. The van der Waals surface area contributed by atoms with Crippen molar-refractivity contribution in [2.24, 2.45) is 0 Å². The molecule has 1 amide bonds. The van der Waals surface area contributed by atoms with E-state index in [9.17, 15) is 17.6 Å². The summed E-state index contributed by atoms with van der Waals surface area (Å²) in [6.45, 7) is 1.80. The second-order valence-corrected chi connectivity index (χ2v) is 8.57. The normalized spacial score (nSPS) is 11.1. The molecule has 29 heavy (non-hydrogen) atoms. The number of halogens is 1. The molecule has 0 unspecified atom stereocenters. The van der Waals surface area contributed by atoms with Crippen LogP contribution in [-0.2, 0) is 16.6 Å². The molecule has 1 N–H and O–H groups in total. The Hall–Kier alpha value is -3.19. The van der Waals surface area contributed by atoms with Crippen LogP contribution in [0, 0.1) is 12.7 Å². The van der Waals surface area contributed by atoms with Crippen LogP contribution in [0.5, 0.6) is 0 Å². The van der Waals surface area contributed by atoms with Crippen molar-refractivity contribution in [3.05, 3.63) is 95.3 Å². The maximum absolute atomic E-state index is 13.6. The highest BCUT2D eigenvalue weighted by atomic mass is 32.2. The number of benzene rings is 3. The maximum Gasteiger partial charge on any atom is 0.264 e. The molecule has 5 nitrogen and oxygen atoms in total. The fourth-order valence-corrected chi connectivity index (χ4v) is 4.01. The summed E-state index contributed by atoms with van der Waals surface area (Å²) >= 11 is 0. The summed E-state index contributed by atoms with van der Waals surface area (Å²) in [7, 11) is -2.36. The first-order valence-electron chi connectivity index (χ1n) is 8.96. The molecule has 0 spiro atoms. The molecule has 0 heterocycles. The Balaban J connectivity index is 1.77.